The van der Waals surface area contributed by atoms with Gasteiger partial charge in [0.05, 0.1) is 5.97 Å². The van der Waals surface area contributed by atoms with Crippen LogP contribution in [0.1, 0.15) is 0 Å². The minimum absolute atomic E-state index is 0. The van der Waals surface area contributed by atoms with Gasteiger partial charge in [-0.15, -0.1) is 0 Å². The number of alkyl halides is 1. The zero-order valence-electron chi connectivity index (χ0n) is 7.37. The first-order valence-corrected chi connectivity index (χ1v) is 4.18. The van der Waals surface area contributed by atoms with Gasteiger partial charge in [0.25, 0.3) is 0 Å². The molecule has 3 nitrogen and oxygen atoms in total. The van der Waals surface area contributed by atoms with Gasteiger partial charge >= 0.3 is 29.6 Å². The summed E-state index contributed by atoms with van der Waals surface area (Å²) in [6.07, 6.45) is 0. The number of halogens is 2. The second-order valence-corrected chi connectivity index (χ2v) is 3.04. The fourth-order valence-corrected chi connectivity index (χ4v) is 0.910. The predicted octanol–water partition coefficient (Wildman–Crippen LogP) is -1.96. The number of carbonyl (C=O) groups excluding carboxylic acids is 1. The molecule has 14 heavy (non-hydrogen) atoms. The second-order valence-electron chi connectivity index (χ2n) is 2.21. The van der Waals surface area contributed by atoms with E-state index in [0.717, 1.165) is 0 Å². The van der Waals surface area contributed by atoms with E-state index in [9.17, 15) is 9.90 Å². The van der Waals surface area contributed by atoms with Crippen LogP contribution in [0, 0.1) is 0 Å². The van der Waals surface area contributed by atoms with E-state index in [1.54, 1.807) is 12.1 Å². The van der Waals surface area contributed by atoms with E-state index in [2.05, 4.69) is 0 Å². The molecule has 0 N–H and O–H groups in total. The van der Waals surface area contributed by atoms with Gasteiger partial charge in [0.1, 0.15) is 5.75 Å². The van der Waals surface area contributed by atoms with Crippen LogP contribution in [0.5, 0.6) is 5.75 Å². The molecule has 0 amide bonds. The smallest absolute Gasteiger partial charge is 0.545 e. The van der Waals surface area contributed by atoms with Crippen molar-refractivity contribution in [3.63, 3.8) is 0 Å². The minimum atomic E-state index is -1.49. The molecular formula is C8H5Cl2NaO3. The molecular weight excluding hydrogens is 238 g/mol. The SMILES string of the molecule is O=C([O-])C(Cl)Oc1ccc(Cl)cc1.[Na+]. The summed E-state index contributed by atoms with van der Waals surface area (Å²) in [6.45, 7) is 0. The van der Waals surface area contributed by atoms with Crippen LogP contribution in [0.25, 0.3) is 0 Å². The van der Waals surface area contributed by atoms with E-state index in [4.69, 9.17) is 27.9 Å². The van der Waals surface area contributed by atoms with Crippen molar-refractivity contribution >= 4 is 29.2 Å². The molecule has 0 radical (unpaired) electrons. The number of hydrogen-bond acceptors (Lipinski definition) is 3. The fraction of sp³-hybridized carbons (Fsp3) is 0.125. The zero-order valence-corrected chi connectivity index (χ0v) is 10.9. The number of aliphatic carboxylic acids is 1. The Kier molecular flexibility index (Phi) is 6.57. The van der Waals surface area contributed by atoms with Gasteiger partial charge in [-0.25, -0.2) is 0 Å². The molecule has 0 spiro atoms. The number of carboxylic acids is 1. The van der Waals surface area contributed by atoms with Gasteiger partial charge in [-0.05, 0) is 24.3 Å². The van der Waals surface area contributed by atoms with Crippen LogP contribution in [0.2, 0.25) is 5.02 Å². The average molecular weight is 243 g/mol. The van der Waals surface area contributed by atoms with Crippen molar-refractivity contribution in [2.24, 2.45) is 0 Å². The molecule has 0 heterocycles. The summed E-state index contributed by atoms with van der Waals surface area (Å²) in [5.74, 6) is -1.15. The summed E-state index contributed by atoms with van der Waals surface area (Å²) in [5.41, 5.74) is -1.49. The molecule has 0 fully saturated rings. The molecule has 1 rings (SSSR count). The molecule has 6 heteroatoms. The zero-order chi connectivity index (χ0) is 9.84. The van der Waals surface area contributed by atoms with Gasteiger partial charge in [0.2, 0.25) is 5.56 Å². The molecule has 0 aromatic heterocycles. The number of rotatable bonds is 3. The Morgan fingerprint density at radius 1 is 1.36 bits per heavy atom. The maximum Gasteiger partial charge on any atom is 1.00 e. The standard InChI is InChI=1S/C8H6Cl2O3.Na/c9-5-1-3-6(4-2-5)13-7(10)8(11)12;/h1-4,7H,(H,11,12);/q;+1/p-1. The fourth-order valence-electron chi connectivity index (χ4n) is 0.681. The van der Waals surface area contributed by atoms with Crippen LogP contribution in [0.15, 0.2) is 24.3 Å². The average Bonchev–Trinajstić information content (AvgIpc) is 2.08. The maximum absolute atomic E-state index is 10.2. The third-order valence-electron chi connectivity index (χ3n) is 1.24. The third-order valence-corrected chi connectivity index (χ3v) is 1.76. The molecule has 0 bridgehead atoms. The van der Waals surface area contributed by atoms with Crippen molar-refractivity contribution < 1.29 is 44.2 Å². The molecule has 0 saturated carbocycles. The summed E-state index contributed by atoms with van der Waals surface area (Å²) >= 11 is 10.9. The normalized spacial score (nSPS) is 11.3. The monoisotopic (exact) mass is 242 g/mol. The van der Waals surface area contributed by atoms with Gasteiger partial charge in [-0.3, -0.25) is 0 Å². The molecule has 0 aliphatic heterocycles. The predicted molar refractivity (Wildman–Crippen MR) is 46.7 cm³/mol. The first-order valence-electron chi connectivity index (χ1n) is 3.37. The number of benzene rings is 1. The molecule has 1 aromatic carbocycles. The largest absolute Gasteiger partial charge is 1.00 e. The van der Waals surface area contributed by atoms with E-state index >= 15 is 0 Å². The van der Waals surface area contributed by atoms with Gasteiger partial charge in [0.15, 0.2) is 0 Å². The van der Waals surface area contributed by atoms with E-state index in [1.165, 1.54) is 12.1 Å². The van der Waals surface area contributed by atoms with Gasteiger partial charge in [-0.1, -0.05) is 23.2 Å². The van der Waals surface area contributed by atoms with E-state index in [1.807, 2.05) is 0 Å². The molecule has 1 unspecified atom stereocenters. The van der Waals surface area contributed by atoms with E-state index in [-0.39, 0.29) is 29.6 Å². The topological polar surface area (TPSA) is 49.4 Å². The second kappa shape index (κ2) is 6.53. The van der Waals surface area contributed by atoms with Crippen LogP contribution in [0.4, 0.5) is 0 Å². The van der Waals surface area contributed by atoms with Crippen LogP contribution in [-0.4, -0.2) is 11.5 Å². The van der Waals surface area contributed by atoms with Crippen LogP contribution < -0.4 is 39.4 Å². The Hall–Kier alpha value is 0.0700. The minimum Gasteiger partial charge on any atom is -0.545 e. The molecule has 1 atom stereocenters. The van der Waals surface area contributed by atoms with Gasteiger partial charge in [0, 0.05) is 5.02 Å². The Balaban J connectivity index is 0.00000169. The van der Waals surface area contributed by atoms with Crippen molar-refractivity contribution in [3.05, 3.63) is 29.3 Å². The van der Waals surface area contributed by atoms with E-state index < -0.39 is 11.5 Å². The Bertz CT molecular complexity index is 302. The van der Waals surface area contributed by atoms with Crippen molar-refractivity contribution in [3.8, 4) is 5.75 Å². The Morgan fingerprint density at radius 3 is 2.29 bits per heavy atom. The van der Waals surface area contributed by atoms with Crippen molar-refractivity contribution in [1.29, 1.82) is 0 Å². The van der Waals surface area contributed by atoms with Crippen molar-refractivity contribution in [2.45, 2.75) is 5.56 Å². The number of carboxylic acid groups (broad SMARTS) is 1. The first kappa shape index (κ1) is 14.1. The van der Waals surface area contributed by atoms with Crippen molar-refractivity contribution in [2.75, 3.05) is 0 Å². The summed E-state index contributed by atoms with van der Waals surface area (Å²) in [5, 5.41) is 10.7. The van der Waals surface area contributed by atoms with Crippen LogP contribution in [0.3, 0.4) is 0 Å². The molecule has 1 aromatic rings. The molecule has 70 valence electrons. The van der Waals surface area contributed by atoms with Crippen molar-refractivity contribution in [1.82, 2.24) is 0 Å². The summed E-state index contributed by atoms with van der Waals surface area (Å²) < 4.78 is 4.78. The number of ether oxygens (including phenoxy) is 1. The summed E-state index contributed by atoms with van der Waals surface area (Å²) in [6, 6.07) is 6.16. The quantitative estimate of drug-likeness (QED) is 0.457. The number of carbonyl (C=O) groups is 1. The molecule has 0 aliphatic carbocycles. The van der Waals surface area contributed by atoms with Crippen LogP contribution >= 0.6 is 23.2 Å². The summed E-state index contributed by atoms with van der Waals surface area (Å²) in [7, 11) is 0. The third kappa shape index (κ3) is 4.53. The summed E-state index contributed by atoms with van der Waals surface area (Å²) in [4.78, 5) is 10.2. The number of hydrogen-bond donors (Lipinski definition) is 0. The van der Waals surface area contributed by atoms with Gasteiger partial charge in [-0.2, -0.15) is 0 Å². The first-order chi connectivity index (χ1) is 6.09. The Labute approximate surface area is 113 Å². The Morgan fingerprint density at radius 2 is 1.86 bits per heavy atom. The molecule has 0 aliphatic rings. The van der Waals surface area contributed by atoms with E-state index in [0.29, 0.717) is 10.8 Å². The van der Waals surface area contributed by atoms with Crippen LogP contribution in [-0.2, 0) is 4.79 Å². The maximum atomic E-state index is 10.2. The molecule has 0 saturated heterocycles. The van der Waals surface area contributed by atoms with Gasteiger partial charge < -0.3 is 14.6 Å².